The fraction of sp³-hybridized carbons (Fsp3) is 0.462. The summed E-state index contributed by atoms with van der Waals surface area (Å²) in [6, 6.07) is 5.99. The van der Waals surface area contributed by atoms with Crippen molar-refractivity contribution >= 4 is 16.0 Å². The molecule has 5 nitrogen and oxygen atoms in total. The average molecular weight is 285 g/mol. The number of hydrogen-bond donors (Lipinski definition) is 2. The van der Waals surface area contributed by atoms with E-state index in [1.807, 2.05) is 0 Å². The van der Waals surface area contributed by atoms with Gasteiger partial charge in [-0.25, -0.2) is 13.1 Å². The van der Waals surface area contributed by atoms with Crippen molar-refractivity contribution in [1.29, 1.82) is 0 Å². The van der Waals surface area contributed by atoms with Crippen LogP contribution >= 0.6 is 0 Å². The van der Waals surface area contributed by atoms with E-state index < -0.39 is 22.0 Å². The van der Waals surface area contributed by atoms with Gasteiger partial charge >= 0.3 is 5.97 Å². The maximum Gasteiger partial charge on any atom is 0.304 e. The molecule has 19 heavy (non-hydrogen) atoms. The van der Waals surface area contributed by atoms with Crippen molar-refractivity contribution in [2.45, 2.75) is 38.1 Å². The summed E-state index contributed by atoms with van der Waals surface area (Å²) in [6.07, 6.45) is -0.233. The molecule has 1 aromatic carbocycles. The van der Waals surface area contributed by atoms with Crippen LogP contribution in [0.25, 0.3) is 0 Å². The first-order valence-corrected chi connectivity index (χ1v) is 7.52. The number of hydrogen-bond acceptors (Lipinski definition) is 3. The second-order valence-electron chi connectivity index (χ2n) is 4.84. The highest BCUT2D eigenvalue weighted by atomic mass is 32.2. The van der Waals surface area contributed by atoms with Gasteiger partial charge in [-0.1, -0.05) is 32.0 Å². The molecule has 1 aromatic rings. The number of carbonyl (C=O) groups is 1. The Hall–Kier alpha value is -1.40. The molecule has 0 fully saturated rings. The van der Waals surface area contributed by atoms with E-state index >= 15 is 0 Å². The zero-order valence-corrected chi connectivity index (χ0v) is 12.1. The van der Waals surface area contributed by atoms with Gasteiger partial charge in [0, 0.05) is 6.04 Å². The van der Waals surface area contributed by atoms with E-state index in [0.29, 0.717) is 5.56 Å². The second kappa shape index (κ2) is 6.16. The van der Waals surface area contributed by atoms with Crippen molar-refractivity contribution in [3.63, 3.8) is 0 Å². The topological polar surface area (TPSA) is 83.5 Å². The lowest BCUT2D eigenvalue weighted by molar-refractivity contribution is -0.137. The van der Waals surface area contributed by atoms with Crippen LogP contribution in [0.2, 0.25) is 0 Å². The quantitative estimate of drug-likeness (QED) is 0.834. The lowest BCUT2D eigenvalue weighted by atomic mass is 10.0. The summed E-state index contributed by atoms with van der Waals surface area (Å²) < 4.78 is 27.0. The number of carboxylic acids is 1. The SMILES string of the molecule is Cc1ccccc1S(=O)(=O)NC(CC(=O)O)C(C)C. The number of aliphatic carboxylic acids is 1. The zero-order valence-electron chi connectivity index (χ0n) is 11.3. The van der Waals surface area contributed by atoms with Gasteiger partial charge in [0.1, 0.15) is 0 Å². The third-order valence-corrected chi connectivity index (χ3v) is 4.54. The minimum absolute atomic E-state index is 0.102. The van der Waals surface area contributed by atoms with Crippen LogP contribution in [0.3, 0.4) is 0 Å². The molecule has 0 aliphatic rings. The van der Waals surface area contributed by atoms with Crippen LogP contribution in [-0.4, -0.2) is 25.5 Å². The molecule has 0 amide bonds. The molecule has 0 bridgehead atoms. The first-order chi connectivity index (χ1) is 8.74. The Morgan fingerprint density at radius 3 is 2.37 bits per heavy atom. The standard InChI is InChI=1S/C13H19NO4S/c1-9(2)11(8-13(15)16)14-19(17,18)12-7-5-4-6-10(12)3/h4-7,9,11,14H,8H2,1-3H3,(H,15,16). The van der Waals surface area contributed by atoms with Gasteiger partial charge in [-0.15, -0.1) is 0 Å². The lowest BCUT2D eigenvalue weighted by Gasteiger charge is -2.21. The molecule has 0 spiro atoms. The number of carboxylic acid groups (broad SMARTS) is 1. The summed E-state index contributed by atoms with van der Waals surface area (Å²) in [5, 5.41) is 8.82. The predicted molar refractivity (Wildman–Crippen MR) is 72.4 cm³/mol. The van der Waals surface area contributed by atoms with E-state index in [1.165, 1.54) is 6.07 Å². The minimum Gasteiger partial charge on any atom is -0.481 e. The lowest BCUT2D eigenvalue weighted by Crippen LogP contribution is -2.40. The van der Waals surface area contributed by atoms with E-state index in [-0.39, 0.29) is 17.2 Å². The van der Waals surface area contributed by atoms with E-state index in [9.17, 15) is 13.2 Å². The monoisotopic (exact) mass is 285 g/mol. The molecular formula is C13H19NO4S. The van der Waals surface area contributed by atoms with Gasteiger partial charge in [-0.3, -0.25) is 4.79 Å². The van der Waals surface area contributed by atoms with Gasteiger partial charge in [-0.05, 0) is 24.5 Å². The largest absolute Gasteiger partial charge is 0.481 e. The molecule has 0 aliphatic carbocycles. The van der Waals surface area contributed by atoms with Gasteiger partial charge in [0.15, 0.2) is 0 Å². The molecule has 0 saturated heterocycles. The second-order valence-corrected chi connectivity index (χ2v) is 6.52. The van der Waals surface area contributed by atoms with Crippen LogP contribution in [-0.2, 0) is 14.8 Å². The molecule has 2 N–H and O–H groups in total. The van der Waals surface area contributed by atoms with Crippen molar-refractivity contribution in [2.24, 2.45) is 5.92 Å². The summed E-state index contributed by atoms with van der Waals surface area (Å²) in [5.74, 6) is -1.12. The van der Waals surface area contributed by atoms with Gasteiger partial charge < -0.3 is 5.11 Å². The summed E-state index contributed by atoms with van der Waals surface area (Å²) in [5.41, 5.74) is 0.632. The van der Waals surface area contributed by atoms with Crippen LogP contribution in [0.15, 0.2) is 29.2 Å². The fourth-order valence-electron chi connectivity index (χ4n) is 1.72. The van der Waals surface area contributed by atoms with Crippen molar-refractivity contribution in [3.05, 3.63) is 29.8 Å². The molecule has 1 rings (SSSR count). The van der Waals surface area contributed by atoms with Crippen molar-refractivity contribution in [1.82, 2.24) is 4.72 Å². The number of nitrogens with one attached hydrogen (secondary N) is 1. The smallest absolute Gasteiger partial charge is 0.304 e. The maximum atomic E-state index is 12.2. The Morgan fingerprint density at radius 2 is 1.89 bits per heavy atom. The molecule has 0 aromatic heterocycles. The van der Waals surface area contributed by atoms with Crippen molar-refractivity contribution < 1.29 is 18.3 Å². The van der Waals surface area contributed by atoms with E-state index in [2.05, 4.69) is 4.72 Å². The van der Waals surface area contributed by atoms with Gasteiger partial charge in [0.25, 0.3) is 0 Å². The van der Waals surface area contributed by atoms with Crippen LogP contribution in [0, 0.1) is 12.8 Å². The fourth-order valence-corrected chi connectivity index (χ4v) is 3.35. The third kappa shape index (κ3) is 4.33. The van der Waals surface area contributed by atoms with E-state index in [4.69, 9.17) is 5.11 Å². The number of aryl methyl sites for hydroxylation is 1. The maximum absolute atomic E-state index is 12.2. The summed E-state index contributed by atoms with van der Waals surface area (Å²) in [6.45, 7) is 5.28. The first-order valence-electron chi connectivity index (χ1n) is 6.04. The van der Waals surface area contributed by atoms with Crippen LogP contribution in [0.5, 0.6) is 0 Å². The Kier molecular flexibility index (Phi) is 5.08. The zero-order chi connectivity index (χ0) is 14.6. The Bertz CT molecular complexity index is 552. The molecule has 1 atom stereocenters. The minimum atomic E-state index is -3.69. The van der Waals surface area contributed by atoms with Crippen LogP contribution < -0.4 is 4.72 Å². The van der Waals surface area contributed by atoms with Gasteiger partial charge in [0.2, 0.25) is 10.0 Å². The average Bonchev–Trinajstić information content (AvgIpc) is 2.27. The number of rotatable bonds is 6. The van der Waals surface area contributed by atoms with Crippen LogP contribution in [0.1, 0.15) is 25.8 Å². The van der Waals surface area contributed by atoms with Crippen molar-refractivity contribution in [3.8, 4) is 0 Å². The Labute approximate surface area is 113 Å². The molecule has 0 aliphatic heterocycles. The van der Waals surface area contributed by atoms with E-state index in [0.717, 1.165) is 0 Å². The third-order valence-electron chi connectivity index (χ3n) is 2.89. The normalized spacial score (nSPS) is 13.5. The van der Waals surface area contributed by atoms with E-state index in [1.54, 1.807) is 39.0 Å². The molecule has 0 heterocycles. The number of benzene rings is 1. The van der Waals surface area contributed by atoms with Gasteiger partial charge in [0.05, 0.1) is 11.3 Å². The molecule has 6 heteroatoms. The summed E-state index contributed by atoms with van der Waals surface area (Å²) >= 11 is 0. The number of sulfonamides is 1. The Morgan fingerprint density at radius 1 is 1.32 bits per heavy atom. The predicted octanol–water partition coefficient (Wildman–Crippen LogP) is 1.77. The first kappa shape index (κ1) is 15.7. The van der Waals surface area contributed by atoms with Crippen LogP contribution in [0.4, 0.5) is 0 Å². The Balaban J connectivity index is 3.01. The highest BCUT2D eigenvalue weighted by Gasteiger charge is 2.25. The molecule has 1 unspecified atom stereocenters. The highest BCUT2D eigenvalue weighted by Crippen LogP contribution is 2.17. The molecule has 0 radical (unpaired) electrons. The highest BCUT2D eigenvalue weighted by molar-refractivity contribution is 7.89. The van der Waals surface area contributed by atoms with Gasteiger partial charge in [-0.2, -0.15) is 0 Å². The molecule has 0 saturated carbocycles. The molecular weight excluding hydrogens is 266 g/mol. The summed E-state index contributed by atoms with van der Waals surface area (Å²) in [4.78, 5) is 11.0. The molecule has 106 valence electrons. The summed E-state index contributed by atoms with van der Waals surface area (Å²) in [7, 11) is -3.69. The van der Waals surface area contributed by atoms with Crippen molar-refractivity contribution in [2.75, 3.05) is 0 Å².